The van der Waals surface area contributed by atoms with Crippen molar-refractivity contribution in [1.82, 2.24) is 20.0 Å². The fraction of sp³-hybridized carbons (Fsp3) is 0.889. The second kappa shape index (κ2) is 8.85. The summed E-state index contributed by atoms with van der Waals surface area (Å²) in [4.78, 5) is 23.2. The Labute approximate surface area is 151 Å². The lowest BCUT2D eigenvalue weighted by Gasteiger charge is -2.37. The van der Waals surface area contributed by atoms with Crippen molar-refractivity contribution in [3.63, 3.8) is 0 Å². The molecule has 7 nitrogen and oxygen atoms in total. The molecule has 1 amide bonds. The zero-order valence-corrected chi connectivity index (χ0v) is 15.5. The molecule has 0 radical (unpaired) electrons. The fourth-order valence-electron chi connectivity index (χ4n) is 4.19. The van der Waals surface area contributed by atoms with Crippen LogP contribution in [0, 0.1) is 5.92 Å². The third-order valence-corrected chi connectivity index (χ3v) is 5.84. The van der Waals surface area contributed by atoms with Gasteiger partial charge in [-0.15, -0.1) is 0 Å². The van der Waals surface area contributed by atoms with Crippen LogP contribution in [0.3, 0.4) is 0 Å². The van der Waals surface area contributed by atoms with Gasteiger partial charge in [0.2, 0.25) is 5.91 Å². The largest absolute Gasteiger partial charge is 0.393 e. The van der Waals surface area contributed by atoms with E-state index in [4.69, 9.17) is 0 Å². The number of hydrogen-bond donors (Lipinski definition) is 2. The molecule has 1 aliphatic carbocycles. The van der Waals surface area contributed by atoms with Gasteiger partial charge in [-0.05, 0) is 25.7 Å². The number of guanidine groups is 1. The molecule has 0 aromatic heterocycles. The van der Waals surface area contributed by atoms with Gasteiger partial charge >= 0.3 is 0 Å². The normalized spacial score (nSPS) is 28.6. The number of piperazine rings is 1. The number of likely N-dealkylation sites (tertiary alicyclic amines) is 1. The van der Waals surface area contributed by atoms with E-state index >= 15 is 0 Å². The number of aliphatic hydroxyl groups is 1. The molecule has 2 saturated heterocycles. The molecule has 2 N–H and O–H groups in total. The topological polar surface area (TPSA) is 71.4 Å². The highest BCUT2D eigenvalue weighted by Gasteiger charge is 2.27. The van der Waals surface area contributed by atoms with E-state index in [1.54, 1.807) is 0 Å². The maximum Gasteiger partial charge on any atom is 0.236 e. The molecular formula is C18H33N5O2. The van der Waals surface area contributed by atoms with Gasteiger partial charge < -0.3 is 20.2 Å². The van der Waals surface area contributed by atoms with E-state index in [2.05, 4.69) is 20.1 Å². The highest BCUT2D eigenvalue weighted by molar-refractivity contribution is 5.80. The van der Waals surface area contributed by atoms with Gasteiger partial charge in [0, 0.05) is 58.8 Å². The number of hydrogen-bond acceptors (Lipinski definition) is 4. The van der Waals surface area contributed by atoms with Crippen LogP contribution < -0.4 is 5.32 Å². The van der Waals surface area contributed by atoms with E-state index in [0.29, 0.717) is 12.5 Å². The second-order valence-electron chi connectivity index (χ2n) is 7.54. The fourth-order valence-corrected chi connectivity index (χ4v) is 4.19. The predicted octanol–water partition coefficient (Wildman–Crippen LogP) is -0.0372. The number of aliphatic hydroxyl groups excluding tert-OH is 1. The van der Waals surface area contributed by atoms with E-state index in [1.165, 1.54) is 0 Å². The molecule has 2 atom stereocenters. The number of nitrogens with zero attached hydrogens (tertiary/aromatic N) is 4. The number of amides is 1. The van der Waals surface area contributed by atoms with Gasteiger partial charge in [-0.3, -0.25) is 14.7 Å². The van der Waals surface area contributed by atoms with Crippen LogP contribution in [0.25, 0.3) is 0 Å². The molecule has 3 aliphatic rings. The van der Waals surface area contributed by atoms with E-state index in [9.17, 15) is 9.90 Å². The van der Waals surface area contributed by atoms with Gasteiger partial charge in [-0.25, -0.2) is 0 Å². The summed E-state index contributed by atoms with van der Waals surface area (Å²) in [5.74, 6) is 1.55. The van der Waals surface area contributed by atoms with E-state index in [1.807, 2.05) is 11.9 Å². The monoisotopic (exact) mass is 351 g/mol. The lowest BCUT2D eigenvalue weighted by atomic mass is 10.1. The van der Waals surface area contributed by atoms with Crippen LogP contribution in [0.4, 0.5) is 0 Å². The summed E-state index contributed by atoms with van der Waals surface area (Å²) < 4.78 is 0. The zero-order chi connectivity index (χ0) is 17.6. The molecular weight excluding hydrogens is 318 g/mol. The summed E-state index contributed by atoms with van der Waals surface area (Å²) in [6, 6.07) is 0. The van der Waals surface area contributed by atoms with Crippen molar-refractivity contribution < 1.29 is 9.90 Å². The summed E-state index contributed by atoms with van der Waals surface area (Å²) in [6.07, 6.45) is 5.27. The lowest BCUT2D eigenvalue weighted by molar-refractivity contribution is -0.131. The first-order valence-corrected chi connectivity index (χ1v) is 9.81. The van der Waals surface area contributed by atoms with Crippen LogP contribution in [0.1, 0.15) is 32.1 Å². The molecule has 2 unspecified atom stereocenters. The molecule has 0 aromatic carbocycles. The van der Waals surface area contributed by atoms with E-state index in [-0.39, 0.29) is 12.0 Å². The summed E-state index contributed by atoms with van der Waals surface area (Å²) in [7, 11) is 1.82. The Bertz CT molecular complexity index is 470. The molecule has 1 saturated carbocycles. The first-order chi connectivity index (χ1) is 12.2. The highest BCUT2D eigenvalue weighted by atomic mass is 16.3. The van der Waals surface area contributed by atoms with Crippen molar-refractivity contribution in [2.75, 3.05) is 59.4 Å². The van der Waals surface area contributed by atoms with Crippen LogP contribution in [-0.4, -0.2) is 97.2 Å². The number of rotatable bonds is 4. The van der Waals surface area contributed by atoms with E-state index in [0.717, 1.165) is 83.9 Å². The van der Waals surface area contributed by atoms with Crippen molar-refractivity contribution in [2.24, 2.45) is 10.9 Å². The molecule has 3 fully saturated rings. The maximum absolute atomic E-state index is 12.3. The minimum atomic E-state index is -0.168. The van der Waals surface area contributed by atoms with Crippen molar-refractivity contribution in [1.29, 1.82) is 0 Å². The molecule has 25 heavy (non-hydrogen) atoms. The van der Waals surface area contributed by atoms with Gasteiger partial charge in [0.15, 0.2) is 5.96 Å². The molecule has 2 aliphatic heterocycles. The number of nitrogens with one attached hydrogen (secondary N) is 1. The van der Waals surface area contributed by atoms with Gasteiger partial charge in [0.25, 0.3) is 0 Å². The molecule has 0 bridgehead atoms. The van der Waals surface area contributed by atoms with Crippen LogP contribution in [0.5, 0.6) is 0 Å². The summed E-state index contributed by atoms with van der Waals surface area (Å²) in [5.41, 5.74) is 0. The Kier molecular flexibility index (Phi) is 6.53. The summed E-state index contributed by atoms with van der Waals surface area (Å²) in [5, 5.41) is 13.4. The smallest absolute Gasteiger partial charge is 0.236 e. The van der Waals surface area contributed by atoms with Crippen molar-refractivity contribution in [3.8, 4) is 0 Å². The molecule has 0 aromatic rings. The average molecular weight is 351 g/mol. The first kappa shape index (κ1) is 18.5. The van der Waals surface area contributed by atoms with Gasteiger partial charge in [-0.2, -0.15) is 0 Å². The van der Waals surface area contributed by atoms with Crippen LogP contribution >= 0.6 is 0 Å². The molecule has 3 rings (SSSR count). The third kappa shape index (κ3) is 4.85. The van der Waals surface area contributed by atoms with Crippen molar-refractivity contribution in [2.45, 2.75) is 38.2 Å². The Balaban J connectivity index is 1.40. The highest BCUT2D eigenvalue weighted by Crippen LogP contribution is 2.24. The zero-order valence-electron chi connectivity index (χ0n) is 15.5. The standard InChI is InChI=1S/C18H33N5O2/c1-19-18(20-13-15-5-4-6-16(15)24)23-11-9-21(10-12-23)14-17(25)22-7-2-3-8-22/h15-16,24H,2-14H2,1H3,(H,19,20). The lowest BCUT2D eigenvalue weighted by Crippen LogP contribution is -2.54. The second-order valence-corrected chi connectivity index (χ2v) is 7.54. The van der Waals surface area contributed by atoms with Crippen LogP contribution in [0.15, 0.2) is 4.99 Å². The van der Waals surface area contributed by atoms with Crippen LogP contribution in [0.2, 0.25) is 0 Å². The van der Waals surface area contributed by atoms with Gasteiger partial charge in [0.1, 0.15) is 0 Å². The van der Waals surface area contributed by atoms with Crippen molar-refractivity contribution >= 4 is 11.9 Å². The average Bonchev–Trinajstić information content (AvgIpc) is 3.29. The minimum absolute atomic E-state index is 0.168. The SMILES string of the molecule is CN=C(NCC1CCCC1O)N1CCN(CC(=O)N2CCCC2)CC1. The van der Waals surface area contributed by atoms with Crippen molar-refractivity contribution in [3.05, 3.63) is 0 Å². The Morgan fingerprint density at radius 2 is 1.76 bits per heavy atom. The Hall–Kier alpha value is -1.34. The van der Waals surface area contributed by atoms with Crippen LogP contribution in [-0.2, 0) is 4.79 Å². The Morgan fingerprint density at radius 3 is 2.36 bits per heavy atom. The maximum atomic E-state index is 12.3. The Morgan fingerprint density at radius 1 is 1.04 bits per heavy atom. The molecule has 2 heterocycles. The summed E-state index contributed by atoms with van der Waals surface area (Å²) in [6.45, 7) is 6.78. The first-order valence-electron chi connectivity index (χ1n) is 9.81. The molecule has 0 spiro atoms. The predicted molar refractivity (Wildman–Crippen MR) is 98.5 cm³/mol. The number of aliphatic imine (C=N–C) groups is 1. The van der Waals surface area contributed by atoms with Gasteiger partial charge in [0.05, 0.1) is 12.6 Å². The quantitative estimate of drug-likeness (QED) is 0.549. The number of carbonyl (C=O) groups is 1. The number of carbonyl (C=O) groups excluding carboxylic acids is 1. The molecule has 7 heteroatoms. The van der Waals surface area contributed by atoms with E-state index < -0.39 is 0 Å². The third-order valence-electron chi connectivity index (χ3n) is 5.84. The minimum Gasteiger partial charge on any atom is -0.393 e. The summed E-state index contributed by atoms with van der Waals surface area (Å²) >= 11 is 0. The van der Waals surface area contributed by atoms with Gasteiger partial charge in [-0.1, -0.05) is 6.42 Å². The molecule has 142 valence electrons.